The predicted molar refractivity (Wildman–Crippen MR) is 137 cm³/mol. The summed E-state index contributed by atoms with van der Waals surface area (Å²) in [5, 5.41) is 3.76. The van der Waals surface area contributed by atoms with E-state index in [0.29, 0.717) is 12.6 Å². The Morgan fingerprint density at radius 1 is 1.24 bits per heavy atom. The molecular formula is C28H39N3O2. The summed E-state index contributed by atoms with van der Waals surface area (Å²) in [4.78, 5) is 4.84. The fourth-order valence-electron chi connectivity index (χ4n) is 4.74. The summed E-state index contributed by atoms with van der Waals surface area (Å²) in [7, 11) is 3.84. The fraction of sp³-hybridized carbons (Fsp3) is 0.429. The number of nitrogens with zero attached hydrogens (tertiary/aromatic N) is 2. The van der Waals surface area contributed by atoms with E-state index in [1.165, 1.54) is 11.3 Å². The van der Waals surface area contributed by atoms with Gasteiger partial charge in [0.15, 0.2) is 0 Å². The normalized spacial score (nSPS) is 29.4. The molecule has 3 rings (SSSR count). The van der Waals surface area contributed by atoms with Gasteiger partial charge in [0.25, 0.3) is 0 Å². The van der Waals surface area contributed by atoms with Crippen molar-refractivity contribution >= 4 is 0 Å². The van der Waals surface area contributed by atoms with Crippen LogP contribution in [-0.4, -0.2) is 48.7 Å². The van der Waals surface area contributed by atoms with Crippen molar-refractivity contribution in [2.75, 3.05) is 27.3 Å². The van der Waals surface area contributed by atoms with Crippen LogP contribution in [0.15, 0.2) is 84.6 Å². The fourth-order valence-corrected chi connectivity index (χ4v) is 4.74. The molecule has 2 heterocycles. The number of ether oxygens (including phenoxy) is 2. The van der Waals surface area contributed by atoms with Crippen LogP contribution in [0.25, 0.3) is 0 Å². The van der Waals surface area contributed by atoms with Gasteiger partial charge in [-0.2, -0.15) is 0 Å². The summed E-state index contributed by atoms with van der Waals surface area (Å²) in [5.41, 5.74) is 3.50. The summed E-state index contributed by atoms with van der Waals surface area (Å²) in [6, 6.07) is 8.89. The molecule has 0 amide bonds. The quantitative estimate of drug-likeness (QED) is 0.633. The number of rotatable bonds is 6. The van der Waals surface area contributed by atoms with Gasteiger partial charge < -0.3 is 19.7 Å². The van der Waals surface area contributed by atoms with Crippen LogP contribution < -0.4 is 10.1 Å². The summed E-state index contributed by atoms with van der Waals surface area (Å²) in [6.07, 6.45) is 14.1. The van der Waals surface area contributed by atoms with Gasteiger partial charge in [-0.05, 0) is 75.6 Å². The molecule has 33 heavy (non-hydrogen) atoms. The largest absolute Gasteiger partial charge is 0.497 e. The van der Waals surface area contributed by atoms with Crippen molar-refractivity contribution < 1.29 is 9.47 Å². The molecule has 2 atom stereocenters. The highest BCUT2D eigenvalue weighted by Gasteiger charge is 2.42. The second kappa shape index (κ2) is 11.3. The summed E-state index contributed by atoms with van der Waals surface area (Å²) in [6.45, 7) is 13.1. The van der Waals surface area contributed by atoms with Gasteiger partial charge in [0.1, 0.15) is 11.5 Å². The number of methoxy groups -OCH3 is 1. The van der Waals surface area contributed by atoms with E-state index in [1.54, 1.807) is 7.11 Å². The van der Waals surface area contributed by atoms with Crippen LogP contribution in [0.4, 0.5) is 0 Å². The maximum Gasteiger partial charge on any atom is 0.120 e. The molecule has 1 spiro atoms. The van der Waals surface area contributed by atoms with Gasteiger partial charge in [0.05, 0.1) is 19.3 Å². The van der Waals surface area contributed by atoms with E-state index < -0.39 is 0 Å². The van der Waals surface area contributed by atoms with Crippen LogP contribution in [0, 0.1) is 0 Å². The monoisotopic (exact) mass is 449 g/mol. The molecule has 0 aromatic heterocycles. The number of hydrogen-bond acceptors (Lipinski definition) is 5. The first kappa shape index (κ1) is 24.7. The lowest BCUT2D eigenvalue weighted by Crippen LogP contribution is -2.58. The highest BCUT2D eigenvalue weighted by atomic mass is 16.5. The van der Waals surface area contributed by atoms with E-state index >= 15 is 0 Å². The Hall–Kier alpha value is -2.92. The standard InChI is InChI=1S/C28H39N3O2/c1-7-9-27-28(29-18-16-25(32-6)13-10-22(3)30(27)5)17-19-31(23(4)20-28)21-24-11-14-26(15-12-24)33-8-2/h7,9-16,18,23,29H,1,8,17,19-21H2,2-6H3/b18-16+,22-10+,25-13+,27-9-. The Morgan fingerprint density at radius 2 is 2.00 bits per heavy atom. The summed E-state index contributed by atoms with van der Waals surface area (Å²) in [5.74, 6) is 1.75. The van der Waals surface area contributed by atoms with Gasteiger partial charge in [-0.3, -0.25) is 4.90 Å². The Morgan fingerprint density at radius 3 is 2.64 bits per heavy atom. The zero-order valence-corrected chi connectivity index (χ0v) is 20.8. The summed E-state index contributed by atoms with van der Waals surface area (Å²) >= 11 is 0. The molecule has 0 bridgehead atoms. The van der Waals surface area contributed by atoms with E-state index in [0.717, 1.165) is 43.1 Å². The van der Waals surface area contributed by atoms with E-state index in [-0.39, 0.29) is 5.54 Å². The SMILES string of the molecule is C=C/C=C1\N(C)/C(C)=C/C=C(OC)\C=C\NC12CCN(Cc1ccc(OCC)cc1)C(C)C2. The van der Waals surface area contributed by atoms with Crippen molar-refractivity contribution in [3.8, 4) is 5.75 Å². The van der Waals surface area contributed by atoms with Gasteiger partial charge in [-0.15, -0.1) is 0 Å². The number of likely N-dealkylation sites (N-methyl/N-ethyl adjacent to an activating group) is 1. The van der Waals surface area contributed by atoms with Crippen LogP contribution in [0.1, 0.15) is 39.2 Å². The molecule has 0 radical (unpaired) electrons. The summed E-state index contributed by atoms with van der Waals surface area (Å²) < 4.78 is 11.1. The first-order valence-electron chi connectivity index (χ1n) is 11.8. The van der Waals surface area contributed by atoms with Gasteiger partial charge in [0.2, 0.25) is 0 Å². The molecule has 1 saturated heterocycles. The molecule has 2 unspecified atom stereocenters. The average Bonchev–Trinajstić information content (AvgIpc) is 2.81. The average molecular weight is 450 g/mol. The van der Waals surface area contributed by atoms with Crippen molar-refractivity contribution in [2.24, 2.45) is 0 Å². The minimum Gasteiger partial charge on any atom is -0.497 e. The Balaban J connectivity index is 1.84. The van der Waals surface area contributed by atoms with Crippen LogP contribution in [-0.2, 0) is 11.3 Å². The number of allylic oxidation sites excluding steroid dienone is 6. The highest BCUT2D eigenvalue weighted by molar-refractivity contribution is 5.33. The third kappa shape index (κ3) is 5.91. The van der Waals surface area contributed by atoms with Gasteiger partial charge in [-0.25, -0.2) is 0 Å². The number of likely N-dealkylation sites (tertiary alicyclic amines) is 1. The van der Waals surface area contributed by atoms with Crippen molar-refractivity contribution in [1.29, 1.82) is 0 Å². The lowest BCUT2D eigenvalue weighted by Gasteiger charge is -2.49. The highest BCUT2D eigenvalue weighted by Crippen LogP contribution is 2.37. The molecule has 1 aromatic carbocycles. The van der Waals surface area contributed by atoms with E-state index in [1.807, 2.05) is 31.4 Å². The molecule has 5 nitrogen and oxygen atoms in total. The third-order valence-electron chi connectivity index (χ3n) is 6.70. The molecule has 0 saturated carbocycles. The van der Waals surface area contributed by atoms with E-state index in [2.05, 4.69) is 79.0 Å². The molecular weight excluding hydrogens is 410 g/mol. The second-order valence-corrected chi connectivity index (χ2v) is 8.84. The maximum atomic E-state index is 5.59. The first-order chi connectivity index (χ1) is 15.9. The van der Waals surface area contributed by atoms with Crippen molar-refractivity contribution in [3.05, 3.63) is 90.1 Å². The van der Waals surface area contributed by atoms with E-state index in [9.17, 15) is 0 Å². The Kier molecular flexibility index (Phi) is 8.45. The van der Waals surface area contributed by atoms with Crippen LogP contribution in [0.2, 0.25) is 0 Å². The number of hydrogen-bond donors (Lipinski definition) is 1. The Labute approximate surface area is 199 Å². The lowest BCUT2D eigenvalue weighted by molar-refractivity contribution is 0.0916. The van der Waals surface area contributed by atoms with Crippen LogP contribution >= 0.6 is 0 Å². The van der Waals surface area contributed by atoms with Crippen LogP contribution in [0.5, 0.6) is 5.75 Å². The minimum absolute atomic E-state index is 0.195. The van der Waals surface area contributed by atoms with E-state index in [4.69, 9.17) is 9.47 Å². The molecule has 1 aromatic rings. The van der Waals surface area contributed by atoms with Crippen molar-refractivity contribution in [2.45, 2.75) is 51.7 Å². The smallest absolute Gasteiger partial charge is 0.120 e. The number of nitrogens with one attached hydrogen (secondary N) is 1. The van der Waals surface area contributed by atoms with Crippen molar-refractivity contribution in [1.82, 2.24) is 15.1 Å². The molecule has 5 heteroatoms. The predicted octanol–water partition coefficient (Wildman–Crippen LogP) is 5.36. The molecule has 1 fully saturated rings. The van der Waals surface area contributed by atoms with Crippen LogP contribution in [0.3, 0.4) is 0 Å². The minimum atomic E-state index is -0.195. The number of piperidine rings is 1. The lowest BCUT2D eigenvalue weighted by atomic mass is 9.79. The zero-order chi connectivity index (χ0) is 23.8. The Bertz CT molecular complexity index is 929. The number of benzene rings is 1. The van der Waals surface area contributed by atoms with Crippen molar-refractivity contribution in [3.63, 3.8) is 0 Å². The third-order valence-corrected chi connectivity index (χ3v) is 6.70. The topological polar surface area (TPSA) is 37.0 Å². The van der Waals surface area contributed by atoms with Gasteiger partial charge in [-0.1, -0.05) is 24.8 Å². The molecule has 2 aliphatic rings. The second-order valence-electron chi connectivity index (χ2n) is 8.84. The molecule has 178 valence electrons. The molecule has 0 aliphatic carbocycles. The molecule has 1 N–H and O–H groups in total. The maximum absolute atomic E-state index is 5.59. The molecule has 2 aliphatic heterocycles. The van der Waals surface area contributed by atoms with Gasteiger partial charge >= 0.3 is 0 Å². The first-order valence-corrected chi connectivity index (χ1v) is 11.8. The zero-order valence-electron chi connectivity index (χ0n) is 20.8. The van der Waals surface area contributed by atoms with Gasteiger partial charge in [0, 0.05) is 43.8 Å².